The van der Waals surface area contributed by atoms with Crippen molar-refractivity contribution in [2.24, 2.45) is 5.73 Å². The van der Waals surface area contributed by atoms with E-state index in [1.54, 1.807) is 19.1 Å². The van der Waals surface area contributed by atoms with E-state index < -0.39 is 17.4 Å². The number of fused-ring (bicyclic) bond motifs is 1. The highest BCUT2D eigenvalue weighted by molar-refractivity contribution is 6.02. The predicted molar refractivity (Wildman–Crippen MR) is 122 cm³/mol. The van der Waals surface area contributed by atoms with E-state index in [1.807, 2.05) is 0 Å². The molecule has 0 bridgehead atoms. The number of rotatable bonds is 7. The van der Waals surface area contributed by atoms with Crippen LogP contribution in [0, 0.1) is 5.82 Å². The Balaban J connectivity index is 2.13. The zero-order valence-corrected chi connectivity index (χ0v) is 19.0. The molecule has 10 nitrogen and oxygen atoms in total. The predicted octanol–water partition coefficient (Wildman–Crippen LogP) is 2.53. The molecular formula is C23H22FN5O5. The van der Waals surface area contributed by atoms with Crippen LogP contribution in [0.15, 0.2) is 41.2 Å². The van der Waals surface area contributed by atoms with Gasteiger partial charge in [0, 0.05) is 6.54 Å². The average Bonchev–Trinajstić information content (AvgIpc) is 3.13. The molecule has 0 atom stereocenters. The Morgan fingerprint density at radius 1 is 1.00 bits per heavy atom. The number of nitrogens with two attached hydrogens (primary N) is 1. The number of aromatic nitrogens is 4. The minimum Gasteiger partial charge on any atom is -0.493 e. The molecule has 2 heterocycles. The highest BCUT2D eigenvalue weighted by atomic mass is 19.1. The van der Waals surface area contributed by atoms with Crippen molar-refractivity contribution in [3.63, 3.8) is 0 Å². The van der Waals surface area contributed by atoms with Gasteiger partial charge in [-0.1, -0.05) is 0 Å². The molecule has 0 spiro atoms. The number of nitrogens with zero attached hydrogens (tertiary/aromatic N) is 4. The third-order valence-electron chi connectivity index (χ3n) is 5.35. The van der Waals surface area contributed by atoms with Crippen LogP contribution in [0.5, 0.6) is 17.2 Å². The van der Waals surface area contributed by atoms with Gasteiger partial charge in [0.05, 0.1) is 32.6 Å². The molecule has 4 aromatic rings. The van der Waals surface area contributed by atoms with E-state index in [1.165, 1.54) is 54.7 Å². The first-order chi connectivity index (χ1) is 16.4. The molecular weight excluding hydrogens is 445 g/mol. The molecule has 1 amide bonds. The maximum atomic E-state index is 13.5. The number of carbonyl (C=O) groups is 1. The topological polar surface area (TPSA) is 123 Å². The number of carbonyl (C=O) groups excluding carboxylic acids is 1. The third-order valence-corrected chi connectivity index (χ3v) is 5.35. The fourth-order valence-corrected chi connectivity index (χ4v) is 3.84. The van der Waals surface area contributed by atoms with Crippen LogP contribution in [0.25, 0.3) is 28.2 Å². The fraction of sp³-hybridized carbons (Fsp3) is 0.217. The van der Waals surface area contributed by atoms with Gasteiger partial charge >= 0.3 is 5.69 Å². The molecule has 0 aliphatic heterocycles. The Kier molecular flexibility index (Phi) is 5.93. The van der Waals surface area contributed by atoms with Crippen LogP contribution in [0.2, 0.25) is 0 Å². The molecule has 0 saturated heterocycles. The minimum atomic E-state index is -0.841. The number of ether oxygens (including phenoxy) is 3. The second-order valence-electron chi connectivity index (χ2n) is 7.15. The van der Waals surface area contributed by atoms with Crippen LogP contribution in [0.1, 0.15) is 17.4 Å². The number of halogens is 1. The molecule has 2 aromatic heterocycles. The van der Waals surface area contributed by atoms with Gasteiger partial charge in [0.15, 0.2) is 28.7 Å². The summed E-state index contributed by atoms with van der Waals surface area (Å²) in [5, 5.41) is 0. The van der Waals surface area contributed by atoms with Gasteiger partial charge in [0.1, 0.15) is 11.3 Å². The Labute approximate surface area is 193 Å². The molecule has 2 N–H and O–H groups in total. The Morgan fingerprint density at radius 2 is 1.68 bits per heavy atom. The summed E-state index contributed by atoms with van der Waals surface area (Å²) in [5.74, 6) is -0.246. The lowest BCUT2D eigenvalue weighted by Crippen LogP contribution is -2.23. The maximum Gasteiger partial charge on any atom is 0.335 e. The maximum absolute atomic E-state index is 13.5. The number of aryl methyl sites for hydroxylation is 1. The van der Waals surface area contributed by atoms with Gasteiger partial charge < -0.3 is 19.9 Å². The molecule has 11 heteroatoms. The van der Waals surface area contributed by atoms with Gasteiger partial charge in [-0.3, -0.25) is 9.36 Å². The zero-order chi connectivity index (χ0) is 24.6. The standard InChI is InChI=1S/C23H22FN5O5/c1-5-28-17-16(20(25)30)26-21(14-10-11-15(32-2)19(34-4)18(14)33-3)27-22(17)29(23(28)31)13-8-6-12(24)7-9-13/h6-11H,5H2,1-4H3,(H2,25,30). The van der Waals surface area contributed by atoms with Crippen molar-refractivity contribution in [2.45, 2.75) is 13.5 Å². The largest absolute Gasteiger partial charge is 0.493 e. The number of amides is 1. The van der Waals surface area contributed by atoms with Gasteiger partial charge in [-0.15, -0.1) is 0 Å². The molecule has 0 saturated carbocycles. The van der Waals surface area contributed by atoms with E-state index in [-0.39, 0.29) is 35.0 Å². The Morgan fingerprint density at radius 3 is 2.24 bits per heavy atom. The fourth-order valence-electron chi connectivity index (χ4n) is 3.84. The summed E-state index contributed by atoms with van der Waals surface area (Å²) < 4.78 is 32.5. The van der Waals surface area contributed by atoms with E-state index >= 15 is 0 Å². The molecule has 0 fully saturated rings. The van der Waals surface area contributed by atoms with Crippen LogP contribution in [0.3, 0.4) is 0 Å². The minimum absolute atomic E-state index is 0.0724. The summed E-state index contributed by atoms with van der Waals surface area (Å²) in [7, 11) is 4.38. The number of hydrogen-bond acceptors (Lipinski definition) is 7. The van der Waals surface area contributed by atoms with Gasteiger partial charge in [-0.25, -0.2) is 23.7 Å². The first-order valence-electron chi connectivity index (χ1n) is 10.2. The number of hydrogen-bond donors (Lipinski definition) is 1. The van der Waals surface area contributed by atoms with E-state index in [0.29, 0.717) is 22.7 Å². The van der Waals surface area contributed by atoms with Gasteiger partial charge in [-0.05, 0) is 43.3 Å². The monoisotopic (exact) mass is 467 g/mol. The van der Waals surface area contributed by atoms with E-state index in [0.717, 1.165) is 0 Å². The Hall–Kier alpha value is -4.41. The van der Waals surface area contributed by atoms with E-state index in [9.17, 15) is 14.0 Å². The van der Waals surface area contributed by atoms with Crippen LogP contribution in [-0.2, 0) is 6.54 Å². The van der Waals surface area contributed by atoms with E-state index in [4.69, 9.17) is 19.9 Å². The molecule has 34 heavy (non-hydrogen) atoms. The summed E-state index contributed by atoms with van der Waals surface area (Å²) in [5.41, 5.74) is 6.10. The number of primary amides is 1. The number of benzene rings is 2. The lowest BCUT2D eigenvalue weighted by molar-refractivity contribution is 0.0997. The van der Waals surface area contributed by atoms with Crippen molar-refractivity contribution in [1.29, 1.82) is 0 Å². The van der Waals surface area contributed by atoms with Crippen molar-refractivity contribution < 1.29 is 23.4 Å². The zero-order valence-electron chi connectivity index (χ0n) is 19.0. The van der Waals surface area contributed by atoms with Crippen LogP contribution in [-0.4, -0.2) is 46.3 Å². The molecule has 0 aliphatic carbocycles. The highest BCUT2D eigenvalue weighted by Crippen LogP contribution is 2.43. The molecule has 2 aromatic carbocycles. The SMILES string of the molecule is CCn1c(=O)n(-c2ccc(F)cc2)c2nc(-c3ccc(OC)c(OC)c3OC)nc(C(N)=O)c21. The lowest BCUT2D eigenvalue weighted by Gasteiger charge is -2.15. The highest BCUT2D eigenvalue weighted by Gasteiger charge is 2.26. The smallest absolute Gasteiger partial charge is 0.335 e. The van der Waals surface area contributed by atoms with Crippen molar-refractivity contribution in [3.8, 4) is 34.3 Å². The first kappa shape index (κ1) is 22.8. The summed E-state index contributed by atoms with van der Waals surface area (Å²) in [6.07, 6.45) is 0. The summed E-state index contributed by atoms with van der Waals surface area (Å²) in [6.45, 7) is 1.97. The molecule has 4 rings (SSSR count). The van der Waals surface area contributed by atoms with Gasteiger partial charge in [-0.2, -0.15) is 0 Å². The van der Waals surface area contributed by atoms with Gasteiger partial charge in [0.2, 0.25) is 5.75 Å². The number of imidazole rings is 1. The second-order valence-corrected chi connectivity index (χ2v) is 7.15. The summed E-state index contributed by atoms with van der Waals surface area (Å²) in [4.78, 5) is 34.7. The van der Waals surface area contributed by atoms with Crippen molar-refractivity contribution >= 4 is 17.1 Å². The van der Waals surface area contributed by atoms with Crippen molar-refractivity contribution in [2.75, 3.05) is 21.3 Å². The first-order valence-corrected chi connectivity index (χ1v) is 10.2. The van der Waals surface area contributed by atoms with E-state index in [2.05, 4.69) is 9.97 Å². The normalized spacial score (nSPS) is 11.0. The molecule has 0 radical (unpaired) electrons. The summed E-state index contributed by atoms with van der Waals surface area (Å²) in [6, 6.07) is 8.62. The van der Waals surface area contributed by atoms with Gasteiger partial charge in [0.25, 0.3) is 5.91 Å². The lowest BCUT2D eigenvalue weighted by atomic mass is 10.1. The van der Waals surface area contributed by atoms with Crippen LogP contribution in [0.4, 0.5) is 4.39 Å². The van der Waals surface area contributed by atoms with Crippen LogP contribution < -0.4 is 25.6 Å². The summed E-state index contributed by atoms with van der Waals surface area (Å²) >= 11 is 0. The molecule has 0 unspecified atom stereocenters. The average molecular weight is 467 g/mol. The van der Waals surface area contributed by atoms with Crippen molar-refractivity contribution in [1.82, 2.24) is 19.1 Å². The van der Waals surface area contributed by atoms with Crippen molar-refractivity contribution in [3.05, 3.63) is 58.4 Å². The Bertz CT molecular complexity index is 1460. The number of methoxy groups -OCH3 is 3. The molecule has 0 aliphatic rings. The van der Waals surface area contributed by atoms with Crippen LogP contribution >= 0.6 is 0 Å². The second kappa shape index (κ2) is 8.85. The quantitative estimate of drug-likeness (QED) is 0.443. The third kappa shape index (κ3) is 3.51. The molecule has 176 valence electrons.